The normalized spacial score (nSPS) is 16.3. The van der Waals surface area contributed by atoms with Gasteiger partial charge in [-0.1, -0.05) is 76.6 Å². The van der Waals surface area contributed by atoms with Crippen LogP contribution in [-0.4, -0.2) is 61.9 Å². The first-order valence-corrected chi connectivity index (χ1v) is 15.1. The third-order valence-corrected chi connectivity index (χ3v) is 9.46. The zero-order valence-corrected chi connectivity index (χ0v) is 24.0. The van der Waals surface area contributed by atoms with E-state index >= 15 is 0 Å². The molecule has 9 nitrogen and oxygen atoms in total. The number of hydrogen-bond donors (Lipinski definition) is 3. The third kappa shape index (κ3) is 5.83. The molecule has 4 aromatic rings. The molecule has 1 saturated heterocycles. The number of rotatable bonds is 9. The molecular formula is C29H29BrN4O5S. The summed E-state index contributed by atoms with van der Waals surface area (Å²) < 4.78 is 35.1. The van der Waals surface area contributed by atoms with Crippen molar-refractivity contribution in [3.63, 3.8) is 0 Å². The number of amides is 2. The molecule has 0 aliphatic carbocycles. The number of morpholine rings is 1. The number of carbonyl (C=O) groups is 2. The van der Waals surface area contributed by atoms with Crippen molar-refractivity contribution in [2.45, 2.75) is 23.3 Å². The average molecular weight is 626 g/mol. The maximum absolute atomic E-state index is 13.8. The molecule has 1 aromatic heterocycles. The summed E-state index contributed by atoms with van der Waals surface area (Å²) in [5.74, 6) is -1.20. The van der Waals surface area contributed by atoms with Gasteiger partial charge in [-0.25, -0.2) is 8.42 Å². The van der Waals surface area contributed by atoms with Crippen LogP contribution in [0.25, 0.3) is 10.9 Å². The first-order chi connectivity index (χ1) is 19.3. The largest absolute Gasteiger partial charge is 0.366 e. The van der Waals surface area contributed by atoms with Crippen LogP contribution < -0.4 is 11.1 Å². The van der Waals surface area contributed by atoms with E-state index < -0.39 is 27.9 Å². The number of H-pyrrole nitrogens is 1. The van der Waals surface area contributed by atoms with Crippen LogP contribution in [0, 0.1) is 0 Å². The zero-order valence-electron chi connectivity index (χ0n) is 21.5. The minimum atomic E-state index is -4.19. The molecule has 11 heteroatoms. The Kier molecular flexibility index (Phi) is 8.36. The van der Waals surface area contributed by atoms with E-state index in [0.29, 0.717) is 28.3 Å². The number of nitrogens with two attached hydrogens (primary N) is 1. The highest BCUT2D eigenvalue weighted by Gasteiger charge is 2.37. The van der Waals surface area contributed by atoms with Crippen LogP contribution in [0.5, 0.6) is 0 Å². The van der Waals surface area contributed by atoms with Crippen molar-refractivity contribution in [1.29, 1.82) is 0 Å². The van der Waals surface area contributed by atoms with Gasteiger partial charge in [0.1, 0.15) is 16.7 Å². The molecule has 1 unspecified atom stereocenters. The molecule has 1 fully saturated rings. The zero-order chi connectivity index (χ0) is 28.3. The van der Waals surface area contributed by atoms with Gasteiger partial charge in [0, 0.05) is 40.9 Å². The minimum Gasteiger partial charge on any atom is -0.366 e. The Morgan fingerprint density at radius 2 is 1.70 bits per heavy atom. The van der Waals surface area contributed by atoms with Crippen LogP contribution in [0.15, 0.2) is 88.2 Å². The number of benzene rings is 3. The van der Waals surface area contributed by atoms with Gasteiger partial charge in [-0.05, 0) is 35.7 Å². The summed E-state index contributed by atoms with van der Waals surface area (Å²) >= 11 is 3.36. The van der Waals surface area contributed by atoms with Gasteiger partial charge >= 0.3 is 0 Å². The number of carbonyl (C=O) groups excluding carboxylic acids is 2. The van der Waals surface area contributed by atoms with E-state index in [1.54, 1.807) is 18.2 Å². The molecule has 2 heterocycles. The molecule has 2 amide bonds. The Labute approximate surface area is 240 Å². The second kappa shape index (κ2) is 11.9. The predicted molar refractivity (Wildman–Crippen MR) is 155 cm³/mol. The lowest BCUT2D eigenvalue weighted by molar-refractivity contribution is -0.136. The molecule has 0 saturated carbocycles. The van der Waals surface area contributed by atoms with Gasteiger partial charge in [-0.2, -0.15) is 4.31 Å². The molecular weight excluding hydrogens is 596 g/mol. The first kappa shape index (κ1) is 28.0. The topological polar surface area (TPSA) is 135 Å². The minimum absolute atomic E-state index is 0.0337. The molecule has 1 atom stereocenters. The van der Waals surface area contributed by atoms with Gasteiger partial charge in [0.15, 0.2) is 0 Å². The third-order valence-electron chi connectivity index (χ3n) is 7.01. The van der Waals surface area contributed by atoms with E-state index in [0.717, 1.165) is 11.1 Å². The number of primary amides is 1. The van der Waals surface area contributed by atoms with E-state index in [4.69, 9.17) is 10.5 Å². The summed E-state index contributed by atoms with van der Waals surface area (Å²) in [6.45, 7) is 0.261. The van der Waals surface area contributed by atoms with Crippen LogP contribution in [0.2, 0.25) is 0 Å². The molecule has 5 rings (SSSR count). The first-order valence-electron chi connectivity index (χ1n) is 12.9. The summed E-state index contributed by atoms with van der Waals surface area (Å²) in [5, 5.41) is 3.26. The van der Waals surface area contributed by atoms with E-state index in [-0.39, 0.29) is 36.2 Å². The number of nitrogens with zero attached hydrogens (tertiary/aromatic N) is 1. The lowest BCUT2D eigenvalue weighted by atomic mass is 9.88. The molecule has 1 aliphatic rings. The summed E-state index contributed by atoms with van der Waals surface area (Å²) in [6, 6.07) is 25.2. The fraction of sp³-hybridized carbons (Fsp3) is 0.241. The van der Waals surface area contributed by atoms with Crippen molar-refractivity contribution in [3.05, 3.63) is 100 Å². The Morgan fingerprint density at radius 3 is 2.33 bits per heavy atom. The SMILES string of the molecule is NC(=O)c1[nH]c2ccc(Br)cc2c1S(=O)(=O)N1CCOC(C(=O)NCCC(c2ccccc2)c2ccccc2)C1. The standard InChI is InChI=1S/C29H29BrN4O5S/c30-21-11-12-24-23(17-21)27(26(33-24)28(31)35)40(37,38)34-15-16-39-25(18-34)29(36)32-14-13-22(19-7-3-1-4-8-19)20-9-5-2-6-10-20/h1-12,17,22,25,33H,13-16,18H2,(H2,31,35)(H,32,36). The summed E-state index contributed by atoms with van der Waals surface area (Å²) in [6.07, 6.45) is -0.342. The fourth-order valence-corrected chi connectivity index (χ4v) is 7.18. The van der Waals surface area contributed by atoms with Gasteiger partial charge in [-0.3, -0.25) is 9.59 Å². The molecule has 3 aromatic carbocycles. The quantitative estimate of drug-likeness (QED) is 0.261. The van der Waals surface area contributed by atoms with Crippen LogP contribution in [-0.2, 0) is 19.6 Å². The number of aromatic nitrogens is 1. The Morgan fingerprint density at radius 1 is 1.05 bits per heavy atom. The number of aromatic amines is 1. The van der Waals surface area contributed by atoms with E-state index in [1.165, 1.54) is 4.31 Å². The van der Waals surface area contributed by atoms with Gasteiger partial charge in [0.25, 0.3) is 11.8 Å². The highest BCUT2D eigenvalue weighted by atomic mass is 79.9. The predicted octanol–water partition coefficient (Wildman–Crippen LogP) is 3.76. The van der Waals surface area contributed by atoms with E-state index in [1.807, 2.05) is 36.4 Å². The van der Waals surface area contributed by atoms with Gasteiger partial charge in [-0.15, -0.1) is 0 Å². The Balaban J connectivity index is 1.30. The fourth-order valence-electron chi connectivity index (χ4n) is 5.06. The van der Waals surface area contributed by atoms with Crippen molar-refractivity contribution in [1.82, 2.24) is 14.6 Å². The highest BCUT2D eigenvalue weighted by molar-refractivity contribution is 9.10. The van der Waals surface area contributed by atoms with Crippen LogP contribution in [0.4, 0.5) is 0 Å². The second-order valence-electron chi connectivity index (χ2n) is 9.56. The lowest BCUT2D eigenvalue weighted by Crippen LogP contribution is -2.51. The molecule has 0 spiro atoms. The smallest absolute Gasteiger partial charge is 0.266 e. The molecule has 0 radical (unpaired) electrons. The molecule has 4 N–H and O–H groups in total. The monoisotopic (exact) mass is 624 g/mol. The van der Waals surface area contributed by atoms with Gasteiger partial charge in [0.05, 0.1) is 6.61 Å². The van der Waals surface area contributed by atoms with Gasteiger partial charge < -0.3 is 20.8 Å². The molecule has 0 bridgehead atoms. The second-order valence-corrected chi connectivity index (χ2v) is 12.3. The van der Waals surface area contributed by atoms with Crippen LogP contribution in [0.1, 0.15) is 34.0 Å². The molecule has 1 aliphatic heterocycles. The Bertz CT molecular complexity index is 1590. The van der Waals surface area contributed by atoms with Crippen LogP contribution in [0.3, 0.4) is 0 Å². The van der Waals surface area contributed by atoms with Gasteiger partial charge in [0.2, 0.25) is 10.0 Å². The van der Waals surface area contributed by atoms with Crippen molar-refractivity contribution in [3.8, 4) is 0 Å². The Hall–Kier alpha value is -3.51. The summed E-state index contributed by atoms with van der Waals surface area (Å²) in [7, 11) is -4.19. The number of ether oxygens (including phenoxy) is 1. The number of sulfonamides is 1. The summed E-state index contributed by atoms with van der Waals surface area (Å²) in [4.78, 5) is 27.9. The highest BCUT2D eigenvalue weighted by Crippen LogP contribution is 2.32. The van der Waals surface area contributed by atoms with Crippen LogP contribution >= 0.6 is 15.9 Å². The lowest BCUT2D eigenvalue weighted by Gasteiger charge is -2.31. The van der Waals surface area contributed by atoms with Crippen molar-refractivity contribution in [2.75, 3.05) is 26.2 Å². The van der Waals surface area contributed by atoms with E-state index in [9.17, 15) is 18.0 Å². The average Bonchev–Trinajstić information content (AvgIpc) is 3.36. The number of nitrogens with one attached hydrogen (secondary N) is 2. The van der Waals surface area contributed by atoms with E-state index in [2.05, 4.69) is 50.5 Å². The molecule has 208 valence electrons. The van der Waals surface area contributed by atoms with Crippen molar-refractivity contribution < 1.29 is 22.7 Å². The van der Waals surface area contributed by atoms with Crippen molar-refractivity contribution >= 4 is 48.7 Å². The maximum Gasteiger partial charge on any atom is 0.266 e. The van der Waals surface area contributed by atoms with Crippen molar-refractivity contribution in [2.24, 2.45) is 5.73 Å². The number of halogens is 1. The number of fused-ring (bicyclic) bond motifs is 1. The summed E-state index contributed by atoms with van der Waals surface area (Å²) in [5.41, 5.74) is 8.08. The molecule has 40 heavy (non-hydrogen) atoms. The maximum atomic E-state index is 13.8. The number of hydrogen-bond acceptors (Lipinski definition) is 5.